The molecule has 0 radical (unpaired) electrons. The van der Waals surface area contributed by atoms with Gasteiger partial charge in [0.05, 0.1) is 5.56 Å². The van der Waals surface area contributed by atoms with E-state index in [0.717, 1.165) is 45.1 Å². The molecule has 1 aliphatic heterocycles. The molecule has 7 heteroatoms. The normalized spacial score (nSPS) is 18.8. The smallest absolute Gasteiger partial charge is 0.314 e. The van der Waals surface area contributed by atoms with Crippen molar-refractivity contribution in [3.8, 4) is 0 Å². The van der Waals surface area contributed by atoms with Gasteiger partial charge in [0.2, 0.25) is 0 Å². The first-order valence-electron chi connectivity index (χ1n) is 8.16. The number of nitrogens with one attached hydrogen (secondary N) is 1. The number of hydrogen-bond acceptors (Lipinski definition) is 2. The van der Waals surface area contributed by atoms with E-state index in [4.69, 9.17) is 0 Å². The van der Waals surface area contributed by atoms with E-state index in [1.165, 1.54) is 6.07 Å². The van der Waals surface area contributed by atoms with E-state index >= 15 is 0 Å². The summed E-state index contributed by atoms with van der Waals surface area (Å²) in [5.41, 5.74) is -0.554. The number of halogens is 5. The average Bonchev–Trinajstić information content (AvgIpc) is 2.49. The molecule has 1 N–H and O–H groups in total. The van der Waals surface area contributed by atoms with Gasteiger partial charge in [-0.1, -0.05) is 26.3 Å². The van der Waals surface area contributed by atoms with Crippen LogP contribution in [0.15, 0.2) is 18.2 Å². The van der Waals surface area contributed by atoms with E-state index in [1.807, 2.05) is 6.92 Å². The predicted octanol–water partition coefficient (Wildman–Crippen LogP) is 4.65. The summed E-state index contributed by atoms with van der Waals surface area (Å²) in [5, 5.41) is 3.25. The van der Waals surface area contributed by atoms with Crippen LogP contribution in [0.1, 0.15) is 43.9 Å². The van der Waals surface area contributed by atoms with Crippen LogP contribution in [0.25, 0.3) is 0 Å². The Morgan fingerprint density at radius 3 is 2.33 bits per heavy atom. The second-order valence-corrected chi connectivity index (χ2v) is 6.23. The lowest BCUT2D eigenvalue weighted by molar-refractivity contribution is -0.137. The van der Waals surface area contributed by atoms with Gasteiger partial charge in [0.15, 0.2) is 0 Å². The minimum Gasteiger partial charge on any atom is -0.314 e. The number of rotatable bonds is 5. The summed E-state index contributed by atoms with van der Waals surface area (Å²) in [6.45, 7) is 7.30. The van der Waals surface area contributed by atoms with Gasteiger partial charge in [0, 0.05) is 37.8 Å². The summed E-state index contributed by atoms with van der Waals surface area (Å²) in [6.07, 6.45) is -2.64. The Bertz CT molecular complexity index is 516. The molecule has 1 heterocycles. The maximum absolute atomic E-state index is 14.4. The Balaban J connectivity index is 0.00000288. The minimum atomic E-state index is -4.51. The van der Waals surface area contributed by atoms with E-state index in [2.05, 4.69) is 17.1 Å². The van der Waals surface area contributed by atoms with Crippen LogP contribution in [0, 0.1) is 11.7 Å². The maximum atomic E-state index is 14.4. The molecule has 1 fully saturated rings. The second kappa shape index (κ2) is 9.02. The van der Waals surface area contributed by atoms with E-state index in [9.17, 15) is 17.6 Å². The number of piperazine rings is 1. The molecule has 1 aliphatic rings. The van der Waals surface area contributed by atoms with Gasteiger partial charge < -0.3 is 5.32 Å². The fourth-order valence-corrected chi connectivity index (χ4v) is 3.38. The molecule has 0 aliphatic carbocycles. The molecule has 1 aromatic rings. The van der Waals surface area contributed by atoms with Gasteiger partial charge >= 0.3 is 6.18 Å². The molecular weight excluding hydrogens is 344 g/mol. The first-order chi connectivity index (χ1) is 10.8. The molecule has 0 bridgehead atoms. The molecule has 1 unspecified atom stereocenters. The summed E-state index contributed by atoms with van der Waals surface area (Å²) >= 11 is 0. The van der Waals surface area contributed by atoms with Gasteiger partial charge in [-0.2, -0.15) is 13.2 Å². The van der Waals surface area contributed by atoms with Crippen molar-refractivity contribution < 1.29 is 17.6 Å². The van der Waals surface area contributed by atoms with E-state index < -0.39 is 17.6 Å². The van der Waals surface area contributed by atoms with Crippen LogP contribution >= 0.6 is 12.4 Å². The fraction of sp³-hybridized carbons (Fsp3) is 0.647. The zero-order valence-corrected chi connectivity index (χ0v) is 14.8. The van der Waals surface area contributed by atoms with Crippen LogP contribution in [-0.2, 0) is 6.18 Å². The van der Waals surface area contributed by atoms with Crippen LogP contribution in [-0.4, -0.2) is 31.1 Å². The van der Waals surface area contributed by atoms with Crippen LogP contribution in [0.2, 0.25) is 0 Å². The summed E-state index contributed by atoms with van der Waals surface area (Å²) in [5.74, 6) is -0.573. The van der Waals surface area contributed by atoms with Gasteiger partial charge in [-0.15, -0.1) is 12.4 Å². The number of hydrogen-bond donors (Lipinski definition) is 1. The highest BCUT2D eigenvalue weighted by Crippen LogP contribution is 2.36. The van der Waals surface area contributed by atoms with Gasteiger partial charge in [0.25, 0.3) is 0 Å². The lowest BCUT2D eigenvalue weighted by Crippen LogP contribution is -2.46. The first-order valence-corrected chi connectivity index (χ1v) is 8.16. The third kappa shape index (κ3) is 5.07. The van der Waals surface area contributed by atoms with Crippen molar-refractivity contribution in [2.45, 2.75) is 38.9 Å². The van der Waals surface area contributed by atoms with Gasteiger partial charge in [-0.05, 0) is 24.5 Å². The van der Waals surface area contributed by atoms with Crippen molar-refractivity contribution in [3.63, 3.8) is 0 Å². The minimum absolute atomic E-state index is 0. The molecule has 1 aromatic carbocycles. The van der Waals surface area contributed by atoms with Crippen molar-refractivity contribution in [3.05, 3.63) is 35.1 Å². The summed E-state index contributed by atoms with van der Waals surface area (Å²) in [4.78, 5) is 2.18. The Kier molecular flexibility index (Phi) is 7.96. The topological polar surface area (TPSA) is 15.3 Å². The molecule has 2 atom stereocenters. The molecule has 0 amide bonds. The largest absolute Gasteiger partial charge is 0.416 e. The SMILES string of the molecule is CCCC(C)[C@H](c1ccc(C(F)(F)F)cc1F)N1CCNCC1.Cl. The Hall–Kier alpha value is -0.850. The lowest BCUT2D eigenvalue weighted by atomic mass is 9.88. The zero-order chi connectivity index (χ0) is 17.0. The highest BCUT2D eigenvalue weighted by atomic mass is 35.5. The fourth-order valence-electron chi connectivity index (χ4n) is 3.38. The number of benzene rings is 1. The standard InChI is InChI=1S/C17H24F4N2.ClH/c1-3-4-12(2)16(23-9-7-22-8-10-23)14-6-5-13(11-15(14)18)17(19,20)21;/h5-6,11-12,16,22H,3-4,7-10H2,1-2H3;1H/t12?,16-;/m1./s1. The molecular formula is C17H25ClF4N2. The highest BCUT2D eigenvalue weighted by molar-refractivity contribution is 5.85. The van der Waals surface area contributed by atoms with Crippen molar-refractivity contribution in [2.75, 3.05) is 26.2 Å². The molecule has 138 valence electrons. The first kappa shape index (κ1) is 21.2. The maximum Gasteiger partial charge on any atom is 0.416 e. The van der Waals surface area contributed by atoms with Crippen LogP contribution in [0.3, 0.4) is 0 Å². The third-order valence-corrected chi connectivity index (χ3v) is 4.47. The van der Waals surface area contributed by atoms with Gasteiger partial charge in [-0.3, -0.25) is 4.90 Å². The van der Waals surface area contributed by atoms with Crippen molar-refractivity contribution >= 4 is 12.4 Å². The number of nitrogens with zero attached hydrogens (tertiary/aromatic N) is 1. The lowest BCUT2D eigenvalue weighted by Gasteiger charge is -2.39. The van der Waals surface area contributed by atoms with Gasteiger partial charge in [0.1, 0.15) is 5.82 Å². The highest BCUT2D eigenvalue weighted by Gasteiger charge is 2.34. The van der Waals surface area contributed by atoms with E-state index in [-0.39, 0.29) is 24.4 Å². The average molecular weight is 369 g/mol. The third-order valence-electron chi connectivity index (χ3n) is 4.47. The Labute approximate surface area is 147 Å². The summed E-state index contributed by atoms with van der Waals surface area (Å²) < 4.78 is 52.7. The quantitative estimate of drug-likeness (QED) is 0.761. The molecule has 0 saturated carbocycles. The van der Waals surface area contributed by atoms with E-state index in [1.54, 1.807) is 0 Å². The van der Waals surface area contributed by atoms with Crippen LogP contribution < -0.4 is 5.32 Å². The summed E-state index contributed by atoms with van der Waals surface area (Å²) in [6, 6.07) is 2.76. The van der Waals surface area contributed by atoms with Crippen LogP contribution in [0.4, 0.5) is 17.6 Å². The zero-order valence-electron chi connectivity index (χ0n) is 14.0. The molecule has 2 rings (SSSR count). The molecule has 0 aromatic heterocycles. The van der Waals surface area contributed by atoms with Crippen molar-refractivity contribution in [1.29, 1.82) is 0 Å². The van der Waals surface area contributed by atoms with Crippen molar-refractivity contribution in [1.82, 2.24) is 10.2 Å². The van der Waals surface area contributed by atoms with Crippen molar-refractivity contribution in [2.24, 2.45) is 5.92 Å². The predicted molar refractivity (Wildman–Crippen MR) is 89.9 cm³/mol. The summed E-state index contributed by atoms with van der Waals surface area (Å²) in [7, 11) is 0. The van der Waals surface area contributed by atoms with Gasteiger partial charge in [-0.25, -0.2) is 4.39 Å². The Morgan fingerprint density at radius 2 is 1.83 bits per heavy atom. The number of alkyl halides is 3. The molecule has 2 nitrogen and oxygen atoms in total. The molecule has 0 spiro atoms. The molecule has 1 saturated heterocycles. The molecule has 24 heavy (non-hydrogen) atoms. The second-order valence-electron chi connectivity index (χ2n) is 6.23. The monoisotopic (exact) mass is 368 g/mol. The Morgan fingerprint density at radius 1 is 1.21 bits per heavy atom. The van der Waals surface area contributed by atoms with Crippen LogP contribution in [0.5, 0.6) is 0 Å². The van der Waals surface area contributed by atoms with E-state index in [0.29, 0.717) is 11.6 Å².